The third-order valence-corrected chi connectivity index (χ3v) is 2.46. The van der Waals surface area contributed by atoms with Crippen LogP contribution in [0.1, 0.15) is 40.0 Å². The van der Waals surface area contributed by atoms with E-state index in [1.807, 2.05) is 20.8 Å². The van der Waals surface area contributed by atoms with E-state index in [1.165, 1.54) is 0 Å². The molecule has 2 unspecified atom stereocenters. The van der Waals surface area contributed by atoms with Gasteiger partial charge in [0.25, 0.3) is 0 Å². The molecule has 0 amide bonds. The fourth-order valence-electron chi connectivity index (χ4n) is 1.75. The number of esters is 1. The van der Waals surface area contributed by atoms with Crippen LogP contribution in [-0.2, 0) is 14.3 Å². The van der Waals surface area contributed by atoms with Crippen molar-refractivity contribution < 1.29 is 14.3 Å². The second-order valence-electron chi connectivity index (χ2n) is 4.90. The molecule has 0 aliphatic heterocycles. The average molecular weight is 200 g/mol. The summed E-state index contributed by atoms with van der Waals surface area (Å²) in [7, 11) is 1.70. The van der Waals surface area contributed by atoms with Crippen LogP contribution < -0.4 is 0 Å². The van der Waals surface area contributed by atoms with E-state index in [-0.39, 0.29) is 23.6 Å². The molecular weight excluding hydrogens is 180 g/mol. The SMILES string of the molecule is COC1CCC(C(=O)OC(C)(C)C)C1. The van der Waals surface area contributed by atoms with E-state index in [4.69, 9.17) is 9.47 Å². The maximum atomic E-state index is 11.6. The fourth-order valence-corrected chi connectivity index (χ4v) is 1.75. The Hall–Kier alpha value is -0.570. The Bertz CT molecular complexity index is 205. The van der Waals surface area contributed by atoms with Gasteiger partial charge in [0.1, 0.15) is 5.60 Å². The molecule has 0 aromatic heterocycles. The average Bonchev–Trinajstić information content (AvgIpc) is 2.48. The fraction of sp³-hybridized carbons (Fsp3) is 0.909. The Labute approximate surface area is 85.8 Å². The first-order valence-corrected chi connectivity index (χ1v) is 5.18. The minimum Gasteiger partial charge on any atom is -0.460 e. The zero-order chi connectivity index (χ0) is 10.8. The van der Waals surface area contributed by atoms with Gasteiger partial charge in [-0.25, -0.2) is 0 Å². The van der Waals surface area contributed by atoms with Crippen molar-refractivity contribution in [3.05, 3.63) is 0 Å². The van der Waals surface area contributed by atoms with Gasteiger partial charge >= 0.3 is 5.97 Å². The molecule has 1 rings (SSSR count). The van der Waals surface area contributed by atoms with Crippen LogP contribution in [0.2, 0.25) is 0 Å². The highest BCUT2D eigenvalue weighted by Crippen LogP contribution is 2.29. The van der Waals surface area contributed by atoms with Gasteiger partial charge in [-0.15, -0.1) is 0 Å². The summed E-state index contributed by atoms with van der Waals surface area (Å²) in [6, 6.07) is 0. The molecule has 0 N–H and O–H groups in total. The van der Waals surface area contributed by atoms with Gasteiger partial charge in [0.05, 0.1) is 12.0 Å². The molecule has 0 bridgehead atoms. The summed E-state index contributed by atoms with van der Waals surface area (Å²) in [5.41, 5.74) is -0.373. The number of rotatable bonds is 2. The lowest BCUT2D eigenvalue weighted by molar-refractivity contribution is -0.160. The number of carbonyl (C=O) groups excluding carboxylic acids is 1. The molecule has 0 heterocycles. The van der Waals surface area contributed by atoms with Gasteiger partial charge in [-0.05, 0) is 40.0 Å². The van der Waals surface area contributed by atoms with E-state index in [0.717, 1.165) is 19.3 Å². The van der Waals surface area contributed by atoms with Gasteiger partial charge in [0.15, 0.2) is 0 Å². The summed E-state index contributed by atoms with van der Waals surface area (Å²) in [4.78, 5) is 11.6. The van der Waals surface area contributed by atoms with Gasteiger partial charge in [0, 0.05) is 7.11 Å². The van der Waals surface area contributed by atoms with Crippen molar-refractivity contribution >= 4 is 5.97 Å². The zero-order valence-corrected chi connectivity index (χ0v) is 9.50. The monoisotopic (exact) mass is 200 g/mol. The molecule has 0 radical (unpaired) electrons. The molecule has 0 aromatic rings. The van der Waals surface area contributed by atoms with Crippen LogP contribution in [0.4, 0.5) is 0 Å². The van der Waals surface area contributed by atoms with Crippen molar-refractivity contribution in [3.8, 4) is 0 Å². The molecule has 0 aromatic carbocycles. The molecule has 14 heavy (non-hydrogen) atoms. The number of ether oxygens (including phenoxy) is 2. The van der Waals surface area contributed by atoms with E-state index in [9.17, 15) is 4.79 Å². The van der Waals surface area contributed by atoms with Crippen LogP contribution in [-0.4, -0.2) is 24.8 Å². The molecule has 1 saturated carbocycles. The highest BCUT2D eigenvalue weighted by atomic mass is 16.6. The molecule has 1 aliphatic carbocycles. The van der Waals surface area contributed by atoms with Crippen molar-refractivity contribution in [1.29, 1.82) is 0 Å². The quantitative estimate of drug-likeness (QED) is 0.641. The predicted molar refractivity (Wildman–Crippen MR) is 54.0 cm³/mol. The Morgan fingerprint density at radius 3 is 2.36 bits per heavy atom. The summed E-state index contributed by atoms with van der Waals surface area (Å²) in [6.07, 6.45) is 2.92. The molecule has 0 spiro atoms. The largest absolute Gasteiger partial charge is 0.460 e. The first kappa shape index (κ1) is 11.5. The molecule has 3 nitrogen and oxygen atoms in total. The number of hydrogen-bond acceptors (Lipinski definition) is 3. The van der Waals surface area contributed by atoms with Crippen LogP contribution in [0.3, 0.4) is 0 Å². The Kier molecular flexibility index (Phi) is 3.53. The lowest BCUT2D eigenvalue weighted by Crippen LogP contribution is -2.28. The summed E-state index contributed by atoms with van der Waals surface area (Å²) in [5, 5.41) is 0. The zero-order valence-electron chi connectivity index (χ0n) is 9.50. The van der Waals surface area contributed by atoms with Crippen molar-refractivity contribution in [1.82, 2.24) is 0 Å². The number of carbonyl (C=O) groups is 1. The second-order valence-corrected chi connectivity index (χ2v) is 4.90. The lowest BCUT2D eigenvalue weighted by Gasteiger charge is -2.21. The van der Waals surface area contributed by atoms with E-state index >= 15 is 0 Å². The first-order valence-electron chi connectivity index (χ1n) is 5.18. The van der Waals surface area contributed by atoms with Crippen molar-refractivity contribution in [2.24, 2.45) is 5.92 Å². The molecule has 82 valence electrons. The molecule has 1 aliphatic rings. The van der Waals surface area contributed by atoms with Crippen molar-refractivity contribution in [2.75, 3.05) is 7.11 Å². The van der Waals surface area contributed by atoms with Gasteiger partial charge in [-0.1, -0.05) is 0 Å². The third-order valence-electron chi connectivity index (χ3n) is 2.46. The molecule has 2 atom stereocenters. The van der Waals surface area contributed by atoms with E-state index in [0.29, 0.717) is 0 Å². The Morgan fingerprint density at radius 1 is 1.29 bits per heavy atom. The second kappa shape index (κ2) is 4.30. The van der Waals surface area contributed by atoms with Crippen LogP contribution in [0.15, 0.2) is 0 Å². The summed E-state index contributed by atoms with van der Waals surface area (Å²) < 4.78 is 10.5. The molecule has 0 saturated heterocycles. The minimum atomic E-state index is -0.373. The van der Waals surface area contributed by atoms with Gasteiger partial charge in [-0.3, -0.25) is 4.79 Å². The van der Waals surface area contributed by atoms with E-state index < -0.39 is 0 Å². The topological polar surface area (TPSA) is 35.5 Å². The van der Waals surface area contributed by atoms with Gasteiger partial charge in [-0.2, -0.15) is 0 Å². The van der Waals surface area contributed by atoms with Crippen LogP contribution >= 0.6 is 0 Å². The maximum absolute atomic E-state index is 11.6. The predicted octanol–water partition coefficient (Wildman–Crippen LogP) is 2.14. The minimum absolute atomic E-state index is 0.0409. The number of hydrogen-bond donors (Lipinski definition) is 0. The highest BCUT2D eigenvalue weighted by Gasteiger charge is 2.32. The van der Waals surface area contributed by atoms with E-state index in [1.54, 1.807) is 7.11 Å². The summed E-state index contributed by atoms with van der Waals surface area (Å²) in [6.45, 7) is 5.69. The maximum Gasteiger partial charge on any atom is 0.309 e. The Morgan fingerprint density at radius 2 is 1.93 bits per heavy atom. The van der Waals surface area contributed by atoms with Crippen molar-refractivity contribution in [3.63, 3.8) is 0 Å². The normalized spacial score (nSPS) is 27.7. The number of methoxy groups -OCH3 is 1. The summed E-state index contributed by atoms with van der Waals surface area (Å²) >= 11 is 0. The van der Waals surface area contributed by atoms with Crippen molar-refractivity contribution in [2.45, 2.75) is 51.7 Å². The smallest absolute Gasteiger partial charge is 0.309 e. The standard InChI is InChI=1S/C11H20O3/c1-11(2,3)14-10(12)8-5-6-9(7-8)13-4/h8-9H,5-7H2,1-4H3. The molecular formula is C11H20O3. The lowest BCUT2D eigenvalue weighted by atomic mass is 10.1. The molecule has 1 fully saturated rings. The van der Waals surface area contributed by atoms with Crippen LogP contribution in [0.5, 0.6) is 0 Å². The summed E-state index contributed by atoms with van der Waals surface area (Å²) in [5.74, 6) is -0.0313. The highest BCUT2D eigenvalue weighted by molar-refractivity contribution is 5.73. The Balaban J connectivity index is 2.40. The first-order chi connectivity index (χ1) is 6.42. The third kappa shape index (κ3) is 3.29. The van der Waals surface area contributed by atoms with Crippen LogP contribution in [0, 0.1) is 5.92 Å². The van der Waals surface area contributed by atoms with Crippen LogP contribution in [0.25, 0.3) is 0 Å². The van der Waals surface area contributed by atoms with Gasteiger partial charge < -0.3 is 9.47 Å². The molecule has 3 heteroatoms. The van der Waals surface area contributed by atoms with Gasteiger partial charge in [0.2, 0.25) is 0 Å². The van der Waals surface area contributed by atoms with E-state index in [2.05, 4.69) is 0 Å².